The van der Waals surface area contributed by atoms with Gasteiger partial charge in [-0.05, 0) is 80.6 Å². The van der Waals surface area contributed by atoms with Crippen LogP contribution in [-0.4, -0.2) is 42.9 Å². The van der Waals surface area contributed by atoms with E-state index >= 15 is 0 Å². The lowest BCUT2D eigenvalue weighted by molar-refractivity contribution is -0.135. The minimum atomic E-state index is 0.0461. The molecular formula is C19H31N3O2. The SMILES string of the molecule is NCC1CCN(C(=O)CNC(=O)CC23CC4CC(CC(C4)C2)C3)C1. The molecule has 5 fully saturated rings. The lowest BCUT2D eigenvalue weighted by atomic mass is 9.49. The van der Waals surface area contributed by atoms with Crippen LogP contribution in [0.5, 0.6) is 0 Å². The Bertz CT molecular complexity index is 483. The zero-order chi connectivity index (χ0) is 16.7. The van der Waals surface area contributed by atoms with Crippen molar-refractivity contribution in [3.63, 3.8) is 0 Å². The standard InChI is InChI=1S/C19H31N3O2/c20-10-13-1-2-22(12-13)18(24)11-21-17(23)9-19-6-14-3-15(7-19)5-16(4-14)8-19/h13-16H,1-12,20H2,(H,21,23). The van der Waals surface area contributed by atoms with Crippen LogP contribution in [0.3, 0.4) is 0 Å². The van der Waals surface area contributed by atoms with Crippen LogP contribution in [0.15, 0.2) is 0 Å². The van der Waals surface area contributed by atoms with E-state index in [4.69, 9.17) is 5.73 Å². The van der Waals surface area contributed by atoms with Crippen LogP contribution < -0.4 is 11.1 Å². The van der Waals surface area contributed by atoms with Crippen molar-refractivity contribution in [2.75, 3.05) is 26.2 Å². The third-order valence-electron chi connectivity index (χ3n) is 7.11. The van der Waals surface area contributed by atoms with E-state index in [1.807, 2.05) is 4.90 Å². The minimum Gasteiger partial charge on any atom is -0.347 e. The summed E-state index contributed by atoms with van der Waals surface area (Å²) in [5, 5.41) is 2.91. The van der Waals surface area contributed by atoms with E-state index in [0.29, 0.717) is 18.9 Å². The topological polar surface area (TPSA) is 75.4 Å². The molecule has 134 valence electrons. The monoisotopic (exact) mass is 333 g/mol. The number of hydrogen-bond donors (Lipinski definition) is 2. The van der Waals surface area contributed by atoms with Gasteiger partial charge < -0.3 is 16.0 Å². The molecular weight excluding hydrogens is 302 g/mol. The average Bonchev–Trinajstić information content (AvgIpc) is 3.00. The van der Waals surface area contributed by atoms with Crippen molar-refractivity contribution in [3.05, 3.63) is 0 Å². The Hall–Kier alpha value is -1.10. The molecule has 4 saturated carbocycles. The first-order valence-corrected chi connectivity index (χ1v) is 9.80. The predicted octanol–water partition coefficient (Wildman–Crippen LogP) is 1.52. The van der Waals surface area contributed by atoms with Crippen LogP contribution in [0.4, 0.5) is 0 Å². The maximum Gasteiger partial charge on any atom is 0.241 e. The Kier molecular flexibility index (Phi) is 4.31. The van der Waals surface area contributed by atoms with Crippen LogP contribution in [0.1, 0.15) is 51.4 Å². The summed E-state index contributed by atoms with van der Waals surface area (Å²) in [6, 6.07) is 0. The third kappa shape index (κ3) is 3.19. The van der Waals surface area contributed by atoms with Gasteiger partial charge in [0.2, 0.25) is 11.8 Å². The number of nitrogens with zero attached hydrogens (tertiary/aromatic N) is 1. The van der Waals surface area contributed by atoms with Crippen LogP contribution in [0, 0.1) is 29.1 Å². The van der Waals surface area contributed by atoms with Crippen LogP contribution in [-0.2, 0) is 9.59 Å². The van der Waals surface area contributed by atoms with Crippen molar-refractivity contribution in [2.24, 2.45) is 34.8 Å². The molecule has 5 heteroatoms. The Morgan fingerprint density at radius 3 is 2.25 bits per heavy atom. The second kappa shape index (κ2) is 6.32. The number of nitrogens with one attached hydrogen (secondary N) is 1. The number of carbonyl (C=O) groups excluding carboxylic acids is 2. The molecule has 5 aliphatic rings. The molecule has 1 unspecified atom stereocenters. The van der Waals surface area contributed by atoms with Gasteiger partial charge in [0.1, 0.15) is 0 Å². The molecule has 0 aromatic heterocycles. The van der Waals surface area contributed by atoms with E-state index in [1.165, 1.54) is 38.5 Å². The van der Waals surface area contributed by atoms with Gasteiger partial charge in [0, 0.05) is 19.5 Å². The van der Waals surface area contributed by atoms with Gasteiger partial charge in [-0.2, -0.15) is 0 Å². The third-order valence-corrected chi connectivity index (χ3v) is 7.11. The number of carbonyl (C=O) groups is 2. The van der Waals surface area contributed by atoms with Crippen molar-refractivity contribution in [1.29, 1.82) is 0 Å². The van der Waals surface area contributed by atoms with Crippen LogP contribution in [0.2, 0.25) is 0 Å². The summed E-state index contributed by atoms with van der Waals surface area (Å²) in [5.41, 5.74) is 5.93. The second-order valence-corrected chi connectivity index (χ2v) is 9.10. The number of hydrogen-bond acceptors (Lipinski definition) is 3. The second-order valence-electron chi connectivity index (χ2n) is 9.10. The number of amides is 2. The van der Waals surface area contributed by atoms with Gasteiger partial charge in [0.05, 0.1) is 6.54 Å². The molecule has 24 heavy (non-hydrogen) atoms. The largest absolute Gasteiger partial charge is 0.347 e. The van der Waals surface area contributed by atoms with Crippen molar-refractivity contribution in [2.45, 2.75) is 51.4 Å². The van der Waals surface area contributed by atoms with Gasteiger partial charge in [-0.15, -0.1) is 0 Å². The summed E-state index contributed by atoms with van der Waals surface area (Å²) in [7, 11) is 0. The van der Waals surface area contributed by atoms with Crippen molar-refractivity contribution in [1.82, 2.24) is 10.2 Å². The molecule has 4 bridgehead atoms. The lowest BCUT2D eigenvalue weighted by Gasteiger charge is -2.56. The van der Waals surface area contributed by atoms with E-state index < -0.39 is 0 Å². The molecule has 0 aromatic rings. The smallest absolute Gasteiger partial charge is 0.241 e. The summed E-state index contributed by atoms with van der Waals surface area (Å²) < 4.78 is 0. The normalized spacial score (nSPS) is 40.1. The first-order chi connectivity index (χ1) is 11.5. The van der Waals surface area contributed by atoms with Gasteiger partial charge in [-0.3, -0.25) is 9.59 Å². The van der Waals surface area contributed by atoms with Gasteiger partial charge in [-0.1, -0.05) is 0 Å². The molecule has 1 saturated heterocycles. The van der Waals surface area contributed by atoms with E-state index in [0.717, 1.165) is 37.3 Å². The van der Waals surface area contributed by atoms with Gasteiger partial charge in [-0.25, -0.2) is 0 Å². The molecule has 4 aliphatic carbocycles. The molecule has 1 aliphatic heterocycles. The van der Waals surface area contributed by atoms with Crippen molar-refractivity contribution < 1.29 is 9.59 Å². The predicted molar refractivity (Wildman–Crippen MR) is 92.0 cm³/mol. The molecule has 1 heterocycles. The molecule has 0 aromatic carbocycles. The highest BCUT2D eigenvalue weighted by Crippen LogP contribution is 2.61. The summed E-state index contributed by atoms with van der Waals surface area (Å²) in [6.45, 7) is 2.33. The van der Waals surface area contributed by atoms with Gasteiger partial charge in [0.15, 0.2) is 0 Å². The molecule has 3 N–H and O–H groups in total. The lowest BCUT2D eigenvalue weighted by Crippen LogP contribution is -2.48. The summed E-state index contributed by atoms with van der Waals surface area (Å²) >= 11 is 0. The van der Waals surface area contributed by atoms with E-state index in [-0.39, 0.29) is 23.8 Å². The Labute approximate surface area is 144 Å². The highest BCUT2D eigenvalue weighted by molar-refractivity contribution is 5.85. The molecule has 2 amide bonds. The first kappa shape index (κ1) is 16.4. The summed E-state index contributed by atoms with van der Waals surface area (Å²) in [4.78, 5) is 26.6. The van der Waals surface area contributed by atoms with E-state index in [9.17, 15) is 9.59 Å². The van der Waals surface area contributed by atoms with Crippen LogP contribution in [0.25, 0.3) is 0 Å². The zero-order valence-corrected chi connectivity index (χ0v) is 14.6. The Morgan fingerprint density at radius 1 is 1.08 bits per heavy atom. The summed E-state index contributed by atoms with van der Waals surface area (Å²) in [5.74, 6) is 3.15. The summed E-state index contributed by atoms with van der Waals surface area (Å²) in [6.07, 6.45) is 9.54. The minimum absolute atomic E-state index is 0.0461. The van der Waals surface area contributed by atoms with Crippen molar-refractivity contribution in [3.8, 4) is 0 Å². The fourth-order valence-corrected chi connectivity index (χ4v) is 6.45. The maximum absolute atomic E-state index is 12.5. The molecule has 0 radical (unpaired) electrons. The van der Waals surface area contributed by atoms with Crippen LogP contribution >= 0.6 is 0 Å². The fraction of sp³-hybridized carbons (Fsp3) is 0.895. The number of rotatable bonds is 5. The van der Waals surface area contributed by atoms with Gasteiger partial charge in [0.25, 0.3) is 0 Å². The average molecular weight is 333 g/mol. The first-order valence-electron chi connectivity index (χ1n) is 9.80. The highest BCUT2D eigenvalue weighted by Gasteiger charge is 2.51. The maximum atomic E-state index is 12.5. The molecule has 5 nitrogen and oxygen atoms in total. The van der Waals surface area contributed by atoms with E-state index in [1.54, 1.807) is 0 Å². The Balaban J connectivity index is 1.26. The fourth-order valence-electron chi connectivity index (χ4n) is 6.45. The number of nitrogens with two attached hydrogens (primary N) is 1. The number of likely N-dealkylation sites (tertiary alicyclic amines) is 1. The molecule has 1 atom stereocenters. The molecule has 5 rings (SSSR count). The highest BCUT2D eigenvalue weighted by atomic mass is 16.2. The Morgan fingerprint density at radius 2 is 1.71 bits per heavy atom. The van der Waals surface area contributed by atoms with Crippen molar-refractivity contribution >= 4 is 11.8 Å². The zero-order valence-electron chi connectivity index (χ0n) is 14.6. The quantitative estimate of drug-likeness (QED) is 0.801. The van der Waals surface area contributed by atoms with Gasteiger partial charge >= 0.3 is 0 Å². The van der Waals surface area contributed by atoms with E-state index in [2.05, 4.69) is 5.32 Å². The molecule has 0 spiro atoms.